The summed E-state index contributed by atoms with van der Waals surface area (Å²) in [6.07, 6.45) is -0.204. The third-order valence-corrected chi connectivity index (χ3v) is 5.60. The maximum atomic E-state index is 13.4. The first kappa shape index (κ1) is 23.9. The monoisotopic (exact) mass is 496 g/mol. The van der Waals surface area contributed by atoms with E-state index in [-0.39, 0.29) is 45.6 Å². The summed E-state index contributed by atoms with van der Waals surface area (Å²) < 4.78 is 17.3. The fourth-order valence-corrected chi connectivity index (χ4v) is 3.94. The van der Waals surface area contributed by atoms with Crippen molar-refractivity contribution in [1.82, 2.24) is 0 Å². The molecule has 5 nitrogen and oxygen atoms in total. The van der Waals surface area contributed by atoms with Gasteiger partial charge in [-0.1, -0.05) is 65.2 Å². The first-order valence-electron chi connectivity index (χ1n) is 10.7. The molecule has 0 aliphatic carbocycles. The second-order valence-corrected chi connectivity index (χ2v) is 9.00. The molecule has 3 aromatic carbocycles. The van der Waals surface area contributed by atoms with Gasteiger partial charge in [-0.2, -0.15) is 0 Å². The Balaban J connectivity index is 1.71. The minimum atomic E-state index is -0.395. The number of fused-ring (bicyclic) bond motifs is 1. The zero-order chi connectivity index (χ0) is 24.4. The quantitative estimate of drug-likeness (QED) is 0.263. The second-order valence-electron chi connectivity index (χ2n) is 8.16. The molecule has 0 aliphatic heterocycles. The SMILES string of the molecule is Cc1ccc(-c2oc3c(Cl)cc(Cl)cc3c(=O)c2OCc2ccc(C(=O)OC(C)C)cc2)cc1. The molecule has 0 unspecified atom stereocenters. The topological polar surface area (TPSA) is 65.7 Å². The zero-order valence-electron chi connectivity index (χ0n) is 18.9. The molecule has 0 saturated carbocycles. The first-order valence-corrected chi connectivity index (χ1v) is 11.4. The highest BCUT2D eigenvalue weighted by Crippen LogP contribution is 2.35. The molecule has 4 rings (SSSR count). The van der Waals surface area contributed by atoms with Crippen molar-refractivity contribution in [2.24, 2.45) is 0 Å². The van der Waals surface area contributed by atoms with E-state index in [1.165, 1.54) is 12.1 Å². The average Bonchev–Trinajstić information content (AvgIpc) is 2.79. The Labute approximate surface area is 206 Å². The van der Waals surface area contributed by atoms with Crippen LogP contribution in [0.5, 0.6) is 5.75 Å². The van der Waals surface area contributed by atoms with Gasteiger partial charge in [-0.25, -0.2) is 4.79 Å². The number of benzene rings is 3. The summed E-state index contributed by atoms with van der Waals surface area (Å²) in [5.41, 5.74) is 2.81. The molecule has 4 aromatic rings. The molecule has 7 heteroatoms. The summed E-state index contributed by atoms with van der Waals surface area (Å²) in [6.45, 7) is 5.64. The van der Waals surface area contributed by atoms with Crippen molar-refractivity contribution in [3.63, 3.8) is 0 Å². The Morgan fingerprint density at radius 3 is 2.32 bits per heavy atom. The predicted molar refractivity (Wildman–Crippen MR) is 134 cm³/mol. The van der Waals surface area contributed by atoms with Gasteiger partial charge < -0.3 is 13.9 Å². The van der Waals surface area contributed by atoms with Crippen molar-refractivity contribution in [3.8, 4) is 17.1 Å². The van der Waals surface area contributed by atoms with Gasteiger partial charge in [-0.3, -0.25) is 4.79 Å². The van der Waals surface area contributed by atoms with E-state index in [0.29, 0.717) is 16.1 Å². The molecule has 34 heavy (non-hydrogen) atoms. The second kappa shape index (κ2) is 9.92. The third-order valence-electron chi connectivity index (χ3n) is 5.10. The lowest BCUT2D eigenvalue weighted by Gasteiger charge is -2.13. The molecule has 1 aromatic heterocycles. The van der Waals surface area contributed by atoms with E-state index in [2.05, 4.69) is 0 Å². The Bertz CT molecular complexity index is 1400. The van der Waals surface area contributed by atoms with Crippen molar-refractivity contribution in [3.05, 3.63) is 97.6 Å². The number of halogens is 2. The first-order chi connectivity index (χ1) is 16.2. The molecule has 174 valence electrons. The number of hydrogen-bond donors (Lipinski definition) is 0. The lowest BCUT2D eigenvalue weighted by Crippen LogP contribution is -2.12. The average molecular weight is 497 g/mol. The van der Waals surface area contributed by atoms with Crippen LogP contribution in [0, 0.1) is 6.92 Å². The van der Waals surface area contributed by atoms with Gasteiger partial charge in [0.05, 0.1) is 22.1 Å². The van der Waals surface area contributed by atoms with Crippen molar-refractivity contribution in [2.75, 3.05) is 0 Å². The maximum absolute atomic E-state index is 13.4. The number of rotatable bonds is 6. The Morgan fingerprint density at radius 2 is 1.68 bits per heavy atom. The van der Waals surface area contributed by atoms with Gasteiger partial charge >= 0.3 is 5.97 Å². The van der Waals surface area contributed by atoms with Crippen LogP contribution in [0.1, 0.15) is 35.3 Å². The summed E-state index contributed by atoms with van der Waals surface area (Å²) >= 11 is 12.4. The lowest BCUT2D eigenvalue weighted by molar-refractivity contribution is 0.0378. The van der Waals surface area contributed by atoms with Gasteiger partial charge in [0.15, 0.2) is 11.3 Å². The van der Waals surface area contributed by atoms with Crippen LogP contribution in [0.2, 0.25) is 10.0 Å². The maximum Gasteiger partial charge on any atom is 0.338 e. The van der Waals surface area contributed by atoms with E-state index in [1.807, 2.05) is 31.2 Å². The van der Waals surface area contributed by atoms with Crippen LogP contribution >= 0.6 is 23.2 Å². The minimum Gasteiger partial charge on any atom is -0.481 e. The summed E-state index contributed by atoms with van der Waals surface area (Å²) in [5, 5.41) is 0.793. The predicted octanol–water partition coefficient (Wildman–Crippen LogP) is 7.22. The van der Waals surface area contributed by atoms with E-state index in [9.17, 15) is 9.59 Å². The summed E-state index contributed by atoms with van der Waals surface area (Å²) in [5.74, 6) is -0.0649. The molecule has 0 spiro atoms. The van der Waals surface area contributed by atoms with E-state index in [1.54, 1.807) is 38.1 Å². The van der Waals surface area contributed by atoms with E-state index in [0.717, 1.165) is 11.1 Å². The highest BCUT2D eigenvalue weighted by molar-refractivity contribution is 6.38. The minimum absolute atomic E-state index is 0.0537. The van der Waals surface area contributed by atoms with Crippen molar-refractivity contribution in [1.29, 1.82) is 0 Å². The molecule has 0 amide bonds. The Hall–Kier alpha value is -3.28. The molecule has 0 saturated heterocycles. The fraction of sp³-hybridized carbons (Fsp3) is 0.185. The van der Waals surface area contributed by atoms with Gasteiger partial charge in [-0.15, -0.1) is 0 Å². The van der Waals surface area contributed by atoms with E-state index >= 15 is 0 Å². The van der Waals surface area contributed by atoms with Crippen LogP contribution < -0.4 is 10.2 Å². The number of esters is 1. The molecule has 1 heterocycles. The normalized spacial score (nSPS) is 11.1. The molecule has 0 aliphatic rings. The number of carbonyl (C=O) groups excluding carboxylic acids is 1. The number of carbonyl (C=O) groups is 1. The Kier molecular flexibility index (Phi) is 6.96. The van der Waals surface area contributed by atoms with E-state index in [4.69, 9.17) is 37.1 Å². The highest BCUT2D eigenvalue weighted by atomic mass is 35.5. The summed E-state index contributed by atoms with van der Waals surface area (Å²) in [6, 6.07) is 17.4. The number of hydrogen-bond acceptors (Lipinski definition) is 5. The summed E-state index contributed by atoms with van der Waals surface area (Å²) in [4.78, 5) is 25.5. The zero-order valence-corrected chi connectivity index (χ0v) is 20.4. The molecular formula is C27H22Cl2O5. The third kappa shape index (κ3) is 5.11. The van der Waals surface area contributed by atoms with Crippen LogP contribution in [0.3, 0.4) is 0 Å². The van der Waals surface area contributed by atoms with Gasteiger partial charge in [0.2, 0.25) is 11.2 Å². The molecule has 0 bridgehead atoms. The van der Waals surface area contributed by atoms with Gasteiger partial charge in [0.1, 0.15) is 6.61 Å². The van der Waals surface area contributed by atoms with Crippen LogP contribution in [0.15, 0.2) is 69.9 Å². The van der Waals surface area contributed by atoms with Crippen LogP contribution in [-0.2, 0) is 11.3 Å². The molecule has 0 radical (unpaired) electrons. The smallest absolute Gasteiger partial charge is 0.338 e. The number of ether oxygens (including phenoxy) is 2. The van der Waals surface area contributed by atoms with Crippen LogP contribution in [0.25, 0.3) is 22.3 Å². The molecule has 0 atom stereocenters. The van der Waals surface area contributed by atoms with E-state index < -0.39 is 5.97 Å². The van der Waals surface area contributed by atoms with Gasteiger partial charge in [0, 0.05) is 10.6 Å². The number of aryl methyl sites for hydroxylation is 1. The molecule has 0 fully saturated rings. The molecular weight excluding hydrogens is 475 g/mol. The van der Waals surface area contributed by atoms with Crippen molar-refractivity contribution < 1.29 is 18.7 Å². The summed E-state index contributed by atoms with van der Waals surface area (Å²) in [7, 11) is 0. The van der Waals surface area contributed by atoms with Crippen molar-refractivity contribution in [2.45, 2.75) is 33.5 Å². The standard InChI is InChI=1S/C27H22Cl2O5/c1-15(2)33-27(31)19-10-6-17(7-11-19)14-32-26-23(30)21-12-20(28)13-22(29)25(21)34-24(26)18-8-4-16(3)5-9-18/h4-13,15H,14H2,1-3H3. The fourth-order valence-electron chi connectivity index (χ4n) is 3.41. The lowest BCUT2D eigenvalue weighted by atomic mass is 10.1. The van der Waals surface area contributed by atoms with Crippen molar-refractivity contribution >= 4 is 40.1 Å². The van der Waals surface area contributed by atoms with Gasteiger partial charge in [-0.05, 0) is 50.6 Å². The highest BCUT2D eigenvalue weighted by Gasteiger charge is 2.20. The largest absolute Gasteiger partial charge is 0.481 e. The van der Waals surface area contributed by atoms with Gasteiger partial charge in [0.25, 0.3) is 0 Å². The van der Waals surface area contributed by atoms with Crippen LogP contribution in [0.4, 0.5) is 0 Å². The molecule has 0 N–H and O–H groups in total. The Morgan fingerprint density at radius 1 is 1.00 bits per heavy atom. The van der Waals surface area contributed by atoms with Crippen LogP contribution in [-0.4, -0.2) is 12.1 Å².